The van der Waals surface area contributed by atoms with Gasteiger partial charge in [0.05, 0.1) is 10.4 Å². The summed E-state index contributed by atoms with van der Waals surface area (Å²) in [6.45, 7) is -0.230. The summed E-state index contributed by atoms with van der Waals surface area (Å²) in [4.78, 5) is -0.0584. The lowest BCUT2D eigenvalue weighted by Crippen LogP contribution is -2.27. The third-order valence-electron chi connectivity index (χ3n) is 1.61. The van der Waals surface area contributed by atoms with Gasteiger partial charge in [0.1, 0.15) is 15.8 Å². The Hall–Kier alpha value is -0.320. The molecule has 1 aromatic rings. The van der Waals surface area contributed by atoms with Gasteiger partial charge in [-0.3, -0.25) is 0 Å². The average molecular weight is 285 g/mol. The van der Waals surface area contributed by atoms with Crippen LogP contribution in [0.25, 0.3) is 0 Å². The Kier molecular flexibility index (Phi) is 3.98. The first kappa shape index (κ1) is 12.7. The molecule has 0 unspecified atom stereocenters. The van der Waals surface area contributed by atoms with Crippen molar-refractivity contribution in [2.24, 2.45) is 0 Å². The summed E-state index contributed by atoms with van der Waals surface area (Å²) >= 11 is 12.3. The van der Waals surface area contributed by atoms with Crippen LogP contribution in [0.2, 0.25) is 8.67 Å². The minimum Gasteiger partial charge on any atom is -0.207 e. The quantitative estimate of drug-likeness (QED) is 0.800. The smallest absolute Gasteiger partial charge is 0.207 e. The molecule has 15 heavy (non-hydrogen) atoms. The predicted molar refractivity (Wildman–Crippen MR) is 59.8 cm³/mol. The molecule has 0 amide bonds. The first-order valence-corrected chi connectivity index (χ1v) is 6.69. The van der Waals surface area contributed by atoms with Gasteiger partial charge in [0, 0.05) is 7.05 Å². The average Bonchev–Trinajstić information content (AvgIpc) is 2.46. The van der Waals surface area contributed by atoms with Crippen LogP contribution in [0.15, 0.2) is 11.0 Å². The van der Waals surface area contributed by atoms with Crippen molar-refractivity contribution in [1.29, 1.82) is 5.26 Å². The van der Waals surface area contributed by atoms with Crippen molar-refractivity contribution in [3.63, 3.8) is 0 Å². The summed E-state index contributed by atoms with van der Waals surface area (Å²) in [5.74, 6) is 0. The van der Waals surface area contributed by atoms with Crippen molar-refractivity contribution >= 4 is 44.6 Å². The molecule has 8 heteroatoms. The second kappa shape index (κ2) is 4.68. The zero-order valence-electron chi connectivity index (χ0n) is 7.57. The highest BCUT2D eigenvalue weighted by Gasteiger charge is 2.25. The molecule has 1 rings (SSSR count). The Bertz CT molecular complexity index is 504. The molecule has 82 valence electrons. The molecule has 4 nitrogen and oxygen atoms in total. The maximum absolute atomic E-state index is 11.8. The summed E-state index contributed by atoms with van der Waals surface area (Å²) in [7, 11) is -2.40. The van der Waals surface area contributed by atoms with Crippen molar-refractivity contribution in [3.05, 3.63) is 14.7 Å². The van der Waals surface area contributed by atoms with E-state index in [1.807, 2.05) is 0 Å². The number of sulfonamides is 1. The van der Waals surface area contributed by atoms with E-state index in [2.05, 4.69) is 0 Å². The molecule has 0 radical (unpaired) electrons. The Morgan fingerprint density at radius 2 is 2.20 bits per heavy atom. The highest BCUT2D eigenvalue weighted by Crippen LogP contribution is 2.35. The highest BCUT2D eigenvalue weighted by molar-refractivity contribution is 7.89. The van der Waals surface area contributed by atoms with Crippen LogP contribution in [0.3, 0.4) is 0 Å². The van der Waals surface area contributed by atoms with E-state index in [1.54, 1.807) is 6.07 Å². The Labute approximate surface area is 102 Å². The molecule has 0 aliphatic carbocycles. The number of nitriles is 1. The van der Waals surface area contributed by atoms with Crippen LogP contribution in [0.4, 0.5) is 0 Å². The molecule has 0 bridgehead atoms. The largest absolute Gasteiger partial charge is 0.246 e. The molecular weight excluding hydrogens is 279 g/mol. The third-order valence-corrected chi connectivity index (χ3v) is 5.16. The van der Waals surface area contributed by atoms with E-state index in [-0.39, 0.29) is 15.8 Å². The SMILES string of the molecule is CN(CC#N)S(=O)(=O)c1cc(Cl)sc1Cl. The maximum Gasteiger partial charge on any atom is 0.246 e. The van der Waals surface area contributed by atoms with Crippen LogP contribution in [-0.2, 0) is 10.0 Å². The molecule has 1 heterocycles. The molecule has 0 aromatic carbocycles. The molecule has 0 spiro atoms. The van der Waals surface area contributed by atoms with Crippen molar-refractivity contribution in [3.8, 4) is 6.07 Å². The van der Waals surface area contributed by atoms with Gasteiger partial charge in [-0.05, 0) is 6.07 Å². The van der Waals surface area contributed by atoms with Crippen molar-refractivity contribution < 1.29 is 8.42 Å². The number of nitrogens with zero attached hydrogens (tertiary/aromatic N) is 2. The zero-order chi connectivity index (χ0) is 11.6. The minimum atomic E-state index is -3.71. The van der Waals surface area contributed by atoms with Crippen LogP contribution in [-0.4, -0.2) is 26.3 Å². The first-order valence-electron chi connectivity index (χ1n) is 3.67. The molecule has 0 saturated heterocycles. The van der Waals surface area contributed by atoms with Crippen LogP contribution in [0, 0.1) is 11.3 Å². The third kappa shape index (κ3) is 2.62. The van der Waals surface area contributed by atoms with Gasteiger partial charge < -0.3 is 0 Å². The standard InChI is InChI=1S/C7H6Cl2N2O2S2/c1-11(3-2-10)15(12,13)5-4-6(8)14-7(5)9/h4H,3H2,1H3. The highest BCUT2D eigenvalue weighted by atomic mass is 35.5. The lowest BCUT2D eigenvalue weighted by atomic mass is 10.7. The molecule has 0 fully saturated rings. The predicted octanol–water partition coefficient (Wildman–Crippen LogP) is 2.20. The van der Waals surface area contributed by atoms with Gasteiger partial charge in [0.25, 0.3) is 0 Å². The van der Waals surface area contributed by atoms with Crippen LogP contribution >= 0.6 is 34.5 Å². The molecule has 1 aromatic heterocycles. The second-order valence-electron chi connectivity index (χ2n) is 2.61. The van der Waals surface area contributed by atoms with Crippen molar-refractivity contribution in [2.75, 3.05) is 13.6 Å². The number of thiophene rings is 1. The Morgan fingerprint density at radius 1 is 1.60 bits per heavy atom. The fourth-order valence-electron chi connectivity index (χ4n) is 0.853. The second-order valence-corrected chi connectivity index (χ2v) is 6.91. The number of rotatable bonds is 3. The molecule has 0 aliphatic rings. The lowest BCUT2D eigenvalue weighted by Gasteiger charge is -2.12. The number of hydrogen-bond donors (Lipinski definition) is 0. The van der Waals surface area contributed by atoms with Gasteiger partial charge in [-0.2, -0.15) is 9.57 Å². The summed E-state index contributed by atoms with van der Waals surface area (Å²) in [6, 6.07) is 3.02. The Morgan fingerprint density at radius 3 is 2.60 bits per heavy atom. The number of hydrogen-bond acceptors (Lipinski definition) is 4. The maximum atomic E-state index is 11.8. The van der Waals surface area contributed by atoms with E-state index in [9.17, 15) is 8.42 Å². The fourth-order valence-corrected chi connectivity index (χ4v) is 4.03. The van der Waals surface area contributed by atoms with E-state index in [4.69, 9.17) is 28.5 Å². The Balaban J connectivity index is 3.18. The van der Waals surface area contributed by atoms with Gasteiger partial charge in [-0.15, -0.1) is 11.3 Å². The summed E-state index contributed by atoms with van der Waals surface area (Å²) in [5, 5.41) is 8.41. The zero-order valence-corrected chi connectivity index (χ0v) is 10.7. The molecular formula is C7H6Cl2N2O2S2. The van der Waals surface area contributed by atoms with Gasteiger partial charge in [0.15, 0.2) is 0 Å². The van der Waals surface area contributed by atoms with Crippen LogP contribution in [0.1, 0.15) is 0 Å². The van der Waals surface area contributed by atoms with Crippen molar-refractivity contribution in [1.82, 2.24) is 4.31 Å². The van der Waals surface area contributed by atoms with Gasteiger partial charge >= 0.3 is 0 Å². The summed E-state index contributed by atoms with van der Waals surface area (Å²) < 4.78 is 24.9. The fraction of sp³-hybridized carbons (Fsp3) is 0.286. The van der Waals surface area contributed by atoms with Gasteiger partial charge in [0.2, 0.25) is 10.0 Å². The van der Waals surface area contributed by atoms with E-state index in [0.29, 0.717) is 4.34 Å². The van der Waals surface area contributed by atoms with E-state index >= 15 is 0 Å². The molecule has 0 aliphatic heterocycles. The molecule has 0 saturated carbocycles. The monoisotopic (exact) mass is 284 g/mol. The number of halogens is 2. The minimum absolute atomic E-state index is 0.0584. The van der Waals surface area contributed by atoms with Crippen LogP contribution in [0.5, 0.6) is 0 Å². The molecule has 0 atom stereocenters. The summed E-state index contributed by atoms with van der Waals surface area (Å²) in [5.41, 5.74) is 0. The normalized spacial score (nSPS) is 11.7. The van der Waals surface area contributed by atoms with Crippen LogP contribution < -0.4 is 0 Å². The van der Waals surface area contributed by atoms with E-state index in [0.717, 1.165) is 15.6 Å². The van der Waals surface area contributed by atoms with Crippen molar-refractivity contribution in [2.45, 2.75) is 4.90 Å². The van der Waals surface area contributed by atoms with Gasteiger partial charge in [-0.25, -0.2) is 8.42 Å². The van der Waals surface area contributed by atoms with E-state index < -0.39 is 10.0 Å². The summed E-state index contributed by atoms with van der Waals surface area (Å²) in [6.07, 6.45) is 0. The van der Waals surface area contributed by atoms with E-state index in [1.165, 1.54) is 13.1 Å². The topological polar surface area (TPSA) is 61.2 Å². The lowest BCUT2D eigenvalue weighted by molar-refractivity contribution is 0.502. The molecule has 0 N–H and O–H groups in total. The first-order chi connectivity index (χ1) is 6.89. The van der Waals surface area contributed by atoms with Gasteiger partial charge in [-0.1, -0.05) is 23.2 Å².